The van der Waals surface area contributed by atoms with Crippen LogP contribution in [0.1, 0.15) is 29.9 Å². The normalized spacial score (nSPS) is 14.1. The molecule has 1 aliphatic heterocycles. The van der Waals surface area contributed by atoms with Crippen molar-refractivity contribution in [2.24, 2.45) is 0 Å². The average molecular weight is 498 g/mol. The van der Waals surface area contributed by atoms with E-state index in [9.17, 15) is 4.79 Å². The quantitative estimate of drug-likeness (QED) is 0.201. The van der Waals surface area contributed by atoms with E-state index in [2.05, 4.69) is 67.3 Å². The van der Waals surface area contributed by atoms with Crippen LogP contribution in [0.3, 0.4) is 0 Å². The first-order chi connectivity index (χ1) is 17.1. The fourth-order valence-electron chi connectivity index (χ4n) is 4.96. The molecule has 35 heavy (non-hydrogen) atoms. The zero-order chi connectivity index (χ0) is 23.9. The zero-order valence-corrected chi connectivity index (χ0v) is 21.5. The van der Waals surface area contributed by atoms with E-state index in [0.717, 1.165) is 57.9 Å². The SMILES string of the molecule is CC(C)Sc1nc2sc3c(c2c(=O)n1-c1cccc2ccccc12)CCN(Cc1ccccc1)C3. The van der Waals surface area contributed by atoms with Gasteiger partial charge in [0.15, 0.2) is 5.16 Å². The molecule has 0 bridgehead atoms. The third-order valence-corrected chi connectivity index (χ3v) is 8.59. The predicted molar refractivity (Wildman–Crippen MR) is 148 cm³/mol. The molecule has 0 unspecified atom stereocenters. The minimum Gasteiger partial charge on any atom is -0.294 e. The van der Waals surface area contributed by atoms with Gasteiger partial charge >= 0.3 is 0 Å². The van der Waals surface area contributed by atoms with Crippen LogP contribution in [-0.2, 0) is 19.5 Å². The Morgan fingerprint density at radius 3 is 2.60 bits per heavy atom. The molecule has 2 aromatic heterocycles. The van der Waals surface area contributed by atoms with Crippen molar-refractivity contribution < 1.29 is 0 Å². The van der Waals surface area contributed by atoms with Crippen molar-refractivity contribution in [2.75, 3.05) is 6.54 Å². The summed E-state index contributed by atoms with van der Waals surface area (Å²) in [6, 6.07) is 25.0. The molecule has 0 fully saturated rings. The summed E-state index contributed by atoms with van der Waals surface area (Å²) in [5.41, 5.74) is 3.49. The van der Waals surface area contributed by atoms with Gasteiger partial charge in [0.25, 0.3) is 5.56 Å². The molecule has 176 valence electrons. The van der Waals surface area contributed by atoms with Crippen molar-refractivity contribution in [2.45, 2.75) is 43.8 Å². The van der Waals surface area contributed by atoms with Gasteiger partial charge in [-0.1, -0.05) is 92.3 Å². The van der Waals surface area contributed by atoms with Gasteiger partial charge in [-0.3, -0.25) is 14.3 Å². The van der Waals surface area contributed by atoms with Gasteiger partial charge in [0.05, 0.1) is 11.1 Å². The molecule has 4 nitrogen and oxygen atoms in total. The number of hydrogen-bond donors (Lipinski definition) is 0. The predicted octanol–water partition coefficient (Wildman–Crippen LogP) is 6.66. The monoisotopic (exact) mass is 497 g/mol. The molecule has 6 heteroatoms. The summed E-state index contributed by atoms with van der Waals surface area (Å²) in [5, 5.41) is 4.10. The Bertz CT molecular complexity index is 1580. The molecule has 0 N–H and O–H groups in total. The van der Waals surface area contributed by atoms with Gasteiger partial charge in [-0.2, -0.15) is 0 Å². The zero-order valence-electron chi connectivity index (χ0n) is 19.9. The maximum absolute atomic E-state index is 14.2. The summed E-state index contributed by atoms with van der Waals surface area (Å²) in [6.45, 7) is 7.04. The highest BCUT2D eigenvalue weighted by molar-refractivity contribution is 7.99. The molecule has 0 amide bonds. The van der Waals surface area contributed by atoms with E-state index in [1.165, 1.54) is 16.0 Å². The number of nitrogens with zero attached hydrogens (tertiary/aromatic N) is 3. The minimum absolute atomic E-state index is 0.0588. The molecule has 1 aliphatic rings. The van der Waals surface area contributed by atoms with E-state index in [-0.39, 0.29) is 5.56 Å². The lowest BCUT2D eigenvalue weighted by molar-refractivity contribution is 0.249. The number of aromatic nitrogens is 2. The summed E-state index contributed by atoms with van der Waals surface area (Å²) < 4.78 is 1.86. The summed E-state index contributed by atoms with van der Waals surface area (Å²) in [6.07, 6.45) is 0.880. The first-order valence-electron chi connectivity index (χ1n) is 12.1. The Morgan fingerprint density at radius 1 is 1.00 bits per heavy atom. The fraction of sp³-hybridized carbons (Fsp3) is 0.241. The molecule has 5 aromatic rings. The van der Waals surface area contributed by atoms with Crippen LogP contribution in [0.4, 0.5) is 0 Å². The summed E-state index contributed by atoms with van der Waals surface area (Å²) >= 11 is 3.35. The molecule has 0 atom stereocenters. The standard InChI is InChI=1S/C29H27N3OS2/c1-19(2)34-29-30-27-26(28(33)32(29)24-14-8-12-21-11-6-7-13-22(21)24)23-15-16-31(18-25(23)35-27)17-20-9-4-3-5-10-20/h3-14,19H,15-18H2,1-2H3. The topological polar surface area (TPSA) is 38.1 Å². The van der Waals surface area contributed by atoms with Gasteiger partial charge in [0, 0.05) is 35.1 Å². The van der Waals surface area contributed by atoms with Crippen molar-refractivity contribution in [1.29, 1.82) is 0 Å². The molecule has 0 spiro atoms. The first-order valence-corrected chi connectivity index (χ1v) is 13.8. The van der Waals surface area contributed by atoms with E-state index >= 15 is 0 Å². The summed E-state index contributed by atoms with van der Waals surface area (Å²) in [5.74, 6) is 0. The molecule has 6 rings (SSSR count). The lowest BCUT2D eigenvalue weighted by atomic mass is 10.0. The molecule has 3 heterocycles. The van der Waals surface area contributed by atoms with Crippen molar-refractivity contribution in [3.8, 4) is 5.69 Å². The first kappa shape index (κ1) is 22.5. The van der Waals surface area contributed by atoms with Gasteiger partial charge in [0.2, 0.25) is 0 Å². The van der Waals surface area contributed by atoms with Crippen LogP contribution in [0.5, 0.6) is 0 Å². The third-order valence-electron chi connectivity index (χ3n) is 6.52. The number of rotatable bonds is 5. The summed E-state index contributed by atoms with van der Waals surface area (Å²) in [7, 11) is 0. The fourth-order valence-corrected chi connectivity index (χ4v) is 7.12. The van der Waals surface area contributed by atoms with Crippen LogP contribution in [0, 0.1) is 0 Å². The number of thiophene rings is 1. The lowest BCUT2D eigenvalue weighted by Gasteiger charge is -2.26. The van der Waals surface area contributed by atoms with Gasteiger partial charge < -0.3 is 0 Å². The van der Waals surface area contributed by atoms with Gasteiger partial charge in [-0.05, 0) is 29.0 Å². The second-order valence-corrected chi connectivity index (χ2v) is 12.0. The van der Waals surface area contributed by atoms with Gasteiger partial charge in [-0.15, -0.1) is 11.3 Å². The largest absolute Gasteiger partial charge is 0.294 e. The second kappa shape index (κ2) is 9.26. The number of benzene rings is 3. The van der Waals surface area contributed by atoms with Crippen molar-refractivity contribution >= 4 is 44.1 Å². The van der Waals surface area contributed by atoms with Gasteiger partial charge in [-0.25, -0.2) is 4.98 Å². The average Bonchev–Trinajstić information content (AvgIpc) is 3.22. The molecule has 3 aromatic carbocycles. The molecular weight excluding hydrogens is 470 g/mol. The van der Waals surface area contributed by atoms with Crippen molar-refractivity contribution in [3.63, 3.8) is 0 Å². The second-order valence-electron chi connectivity index (χ2n) is 9.33. The smallest absolute Gasteiger partial charge is 0.267 e. The van der Waals surface area contributed by atoms with Crippen LogP contribution in [0.2, 0.25) is 0 Å². The highest BCUT2D eigenvalue weighted by atomic mass is 32.2. The molecule has 0 radical (unpaired) electrons. The number of thioether (sulfide) groups is 1. The minimum atomic E-state index is 0.0588. The Morgan fingerprint density at radius 2 is 1.77 bits per heavy atom. The summed E-state index contributed by atoms with van der Waals surface area (Å²) in [4.78, 5) is 23.9. The van der Waals surface area contributed by atoms with E-state index in [0.29, 0.717) is 5.25 Å². The van der Waals surface area contributed by atoms with Crippen LogP contribution in [0.25, 0.3) is 26.7 Å². The highest BCUT2D eigenvalue weighted by Crippen LogP contribution is 2.36. The Labute approximate surface area is 213 Å². The maximum Gasteiger partial charge on any atom is 0.267 e. The maximum atomic E-state index is 14.2. The lowest BCUT2D eigenvalue weighted by Crippen LogP contribution is -2.30. The third kappa shape index (κ3) is 4.20. The van der Waals surface area contributed by atoms with E-state index < -0.39 is 0 Å². The molecule has 0 saturated carbocycles. The Hall–Kier alpha value is -2.93. The number of fused-ring (bicyclic) bond motifs is 4. The van der Waals surface area contributed by atoms with Crippen LogP contribution in [-0.4, -0.2) is 26.2 Å². The Kier molecular flexibility index (Phi) is 5.96. The Balaban J connectivity index is 1.49. The van der Waals surface area contributed by atoms with Crippen LogP contribution in [0.15, 0.2) is 82.7 Å². The number of hydrogen-bond acceptors (Lipinski definition) is 5. The molecular formula is C29H27N3OS2. The van der Waals surface area contributed by atoms with Crippen LogP contribution < -0.4 is 5.56 Å². The van der Waals surface area contributed by atoms with Gasteiger partial charge in [0.1, 0.15) is 4.83 Å². The van der Waals surface area contributed by atoms with E-state index in [1.807, 2.05) is 28.8 Å². The molecule has 0 aliphatic carbocycles. The molecule has 0 saturated heterocycles. The highest BCUT2D eigenvalue weighted by Gasteiger charge is 2.26. The van der Waals surface area contributed by atoms with E-state index in [1.54, 1.807) is 23.1 Å². The van der Waals surface area contributed by atoms with Crippen LogP contribution >= 0.6 is 23.1 Å². The van der Waals surface area contributed by atoms with Crippen molar-refractivity contribution in [1.82, 2.24) is 14.5 Å². The van der Waals surface area contributed by atoms with Crippen molar-refractivity contribution in [3.05, 3.63) is 99.2 Å². The van der Waals surface area contributed by atoms with E-state index in [4.69, 9.17) is 4.98 Å².